The number of rotatable bonds is 3. The molecule has 0 bridgehead atoms. The number of amidine groups is 1. The molecule has 0 saturated carbocycles. The molecule has 0 fully saturated rings. The van der Waals surface area contributed by atoms with Gasteiger partial charge in [-0.3, -0.25) is 9.79 Å². The van der Waals surface area contributed by atoms with Gasteiger partial charge in [-0.25, -0.2) is 0 Å². The summed E-state index contributed by atoms with van der Waals surface area (Å²) in [5, 5.41) is 3.40. The van der Waals surface area contributed by atoms with E-state index in [0.29, 0.717) is 35.3 Å². The lowest BCUT2D eigenvalue weighted by atomic mass is 9.92. The van der Waals surface area contributed by atoms with Gasteiger partial charge >= 0.3 is 0 Å². The number of hydrogen-bond donors (Lipinski definition) is 2. The van der Waals surface area contributed by atoms with Gasteiger partial charge in [0, 0.05) is 16.3 Å². The summed E-state index contributed by atoms with van der Waals surface area (Å²) < 4.78 is 5.50. The number of aliphatic imine (C=N–C) groups is 1. The summed E-state index contributed by atoms with van der Waals surface area (Å²) >= 11 is 5.93. The molecule has 1 amide bonds. The Morgan fingerprint density at radius 3 is 2.83 bits per heavy atom. The van der Waals surface area contributed by atoms with Gasteiger partial charge in [0.25, 0.3) is 5.91 Å². The van der Waals surface area contributed by atoms with Crippen LogP contribution in [0.4, 0.5) is 5.69 Å². The van der Waals surface area contributed by atoms with E-state index < -0.39 is 5.54 Å². The molecule has 2 aromatic rings. The fraction of sp³-hybridized carbons (Fsp3) is 0.222. The summed E-state index contributed by atoms with van der Waals surface area (Å²) in [4.78, 5) is 16.9. The van der Waals surface area contributed by atoms with Gasteiger partial charge in [-0.1, -0.05) is 29.8 Å². The second-order valence-electron chi connectivity index (χ2n) is 5.92. The maximum Gasteiger partial charge on any atom is 0.255 e. The average molecular weight is 344 g/mol. The standard InChI is InChI=1S/C18H18ClN3O2/c1-18(11-24-10-16(20)22-18)13-5-3-7-15(9-13)21-17(23)12-4-2-6-14(19)8-12/h2-9H,10-11H2,1H3,(H2,20,22)(H,21,23). The first-order valence-corrected chi connectivity index (χ1v) is 7.93. The molecule has 1 unspecified atom stereocenters. The van der Waals surface area contributed by atoms with Crippen LogP contribution in [0.3, 0.4) is 0 Å². The van der Waals surface area contributed by atoms with Gasteiger partial charge in [-0.05, 0) is 42.8 Å². The number of anilines is 1. The molecule has 5 nitrogen and oxygen atoms in total. The van der Waals surface area contributed by atoms with Gasteiger partial charge < -0.3 is 15.8 Å². The second kappa shape index (κ2) is 6.63. The molecule has 0 radical (unpaired) electrons. The highest BCUT2D eigenvalue weighted by Gasteiger charge is 2.30. The molecule has 0 spiro atoms. The molecule has 1 heterocycles. The summed E-state index contributed by atoms with van der Waals surface area (Å²) in [5.74, 6) is 0.250. The molecule has 1 atom stereocenters. The molecule has 3 rings (SSSR count). The van der Waals surface area contributed by atoms with Gasteiger partial charge in [0.15, 0.2) is 0 Å². The first kappa shape index (κ1) is 16.5. The Morgan fingerprint density at radius 2 is 2.08 bits per heavy atom. The zero-order valence-electron chi connectivity index (χ0n) is 13.3. The van der Waals surface area contributed by atoms with Crippen molar-refractivity contribution in [3.63, 3.8) is 0 Å². The van der Waals surface area contributed by atoms with Crippen molar-refractivity contribution in [3.05, 3.63) is 64.7 Å². The highest BCUT2D eigenvalue weighted by Crippen LogP contribution is 2.30. The number of nitrogens with zero attached hydrogens (tertiary/aromatic N) is 1. The van der Waals surface area contributed by atoms with Crippen molar-refractivity contribution in [2.75, 3.05) is 18.5 Å². The molecular formula is C18H18ClN3O2. The Morgan fingerprint density at radius 1 is 1.29 bits per heavy atom. The van der Waals surface area contributed by atoms with Gasteiger partial charge in [0.1, 0.15) is 18.0 Å². The first-order valence-electron chi connectivity index (χ1n) is 7.56. The molecule has 0 aromatic heterocycles. The Balaban J connectivity index is 1.83. The van der Waals surface area contributed by atoms with Crippen LogP contribution in [0.1, 0.15) is 22.8 Å². The largest absolute Gasteiger partial charge is 0.386 e. The molecule has 0 saturated heterocycles. The lowest BCUT2D eigenvalue weighted by Crippen LogP contribution is -2.37. The van der Waals surface area contributed by atoms with E-state index >= 15 is 0 Å². The van der Waals surface area contributed by atoms with Crippen molar-refractivity contribution >= 4 is 29.0 Å². The lowest BCUT2D eigenvalue weighted by molar-refractivity contribution is 0.102. The van der Waals surface area contributed by atoms with E-state index in [1.54, 1.807) is 24.3 Å². The highest BCUT2D eigenvalue weighted by molar-refractivity contribution is 6.31. The number of nitrogens with two attached hydrogens (primary N) is 1. The van der Waals surface area contributed by atoms with E-state index in [4.69, 9.17) is 22.1 Å². The molecule has 124 valence electrons. The minimum Gasteiger partial charge on any atom is -0.386 e. The van der Waals surface area contributed by atoms with Crippen molar-refractivity contribution in [2.45, 2.75) is 12.5 Å². The smallest absolute Gasteiger partial charge is 0.255 e. The third-order valence-electron chi connectivity index (χ3n) is 3.85. The monoisotopic (exact) mass is 343 g/mol. The van der Waals surface area contributed by atoms with Crippen LogP contribution in [-0.2, 0) is 10.3 Å². The van der Waals surface area contributed by atoms with E-state index in [-0.39, 0.29) is 5.91 Å². The molecular weight excluding hydrogens is 326 g/mol. The van der Waals surface area contributed by atoms with E-state index in [1.165, 1.54) is 0 Å². The maximum atomic E-state index is 12.3. The minimum atomic E-state index is -0.556. The zero-order valence-corrected chi connectivity index (χ0v) is 14.0. The predicted octanol–water partition coefficient (Wildman–Crippen LogP) is 3.19. The predicted molar refractivity (Wildman–Crippen MR) is 95.6 cm³/mol. The SMILES string of the molecule is CC1(c2cccc(NC(=O)c3cccc(Cl)c3)c2)COCC(N)=N1. The molecule has 0 aliphatic carbocycles. The number of carbonyl (C=O) groups excluding carboxylic acids is 1. The van der Waals surface area contributed by atoms with Crippen molar-refractivity contribution in [1.29, 1.82) is 0 Å². The minimum absolute atomic E-state index is 0.220. The number of hydrogen-bond acceptors (Lipinski definition) is 4. The van der Waals surface area contributed by atoms with Crippen molar-refractivity contribution < 1.29 is 9.53 Å². The fourth-order valence-electron chi connectivity index (χ4n) is 2.65. The Hall–Kier alpha value is -2.37. The van der Waals surface area contributed by atoms with Gasteiger partial charge in [0.05, 0.1) is 6.61 Å². The Kier molecular flexibility index (Phi) is 4.55. The number of carbonyl (C=O) groups is 1. The molecule has 6 heteroatoms. The third kappa shape index (κ3) is 3.58. The first-order chi connectivity index (χ1) is 11.5. The third-order valence-corrected chi connectivity index (χ3v) is 4.09. The van der Waals surface area contributed by atoms with Crippen LogP contribution in [0.5, 0.6) is 0 Å². The molecule has 24 heavy (non-hydrogen) atoms. The summed E-state index contributed by atoms with van der Waals surface area (Å²) in [6.45, 7) is 2.75. The quantitative estimate of drug-likeness (QED) is 0.898. The number of benzene rings is 2. The molecule has 2 aromatic carbocycles. The van der Waals surface area contributed by atoms with Gasteiger partial charge in [-0.2, -0.15) is 0 Å². The van der Waals surface area contributed by atoms with Crippen LogP contribution >= 0.6 is 11.6 Å². The molecule has 1 aliphatic heterocycles. The van der Waals surface area contributed by atoms with E-state index in [0.717, 1.165) is 5.56 Å². The lowest BCUT2D eigenvalue weighted by Gasteiger charge is -2.30. The Bertz CT molecular complexity index is 806. The van der Waals surface area contributed by atoms with E-state index in [1.807, 2.05) is 31.2 Å². The number of amides is 1. The summed E-state index contributed by atoms with van der Waals surface area (Å²) in [5.41, 5.74) is 7.35. The summed E-state index contributed by atoms with van der Waals surface area (Å²) in [6.07, 6.45) is 0. The van der Waals surface area contributed by atoms with Crippen LogP contribution < -0.4 is 11.1 Å². The van der Waals surface area contributed by atoms with Crippen molar-refractivity contribution in [2.24, 2.45) is 10.7 Å². The van der Waals surface area contributed by atoms with Crippen molar-refractivity contribution in [1.82, 2.24) is 0 Å². The van der Waals surface area contributed by atoms with E-state index in [9.17, 15) is 4.79 Å². The van der Waals surface area contributed by atoms with Crippen LogP contribution in [0.2, 0.25) is 5.02 Å². The zero-order chi connectivity index (χ0) is 17.2. The van der Waals surface area contributed by atoms with Gasteiger partial charge in [0.2, 0.25) is 0 Å². The maximum absolute atomic E-state index is 12.3. The fourth-order valence-corrected chi connectivity index (χ4v) is 2.84. The topological polar surface area (TPSA) is 76.7 Å². The van der Waals surface area contributed by atoms with Crippen LogP contribution in [0, 0.1) is 0 Å². The number of halogens is 1. The molecule has 3 N–H and O–H groups in total. The van der Waals surface area contributed by atoms with E-state index in [2.05, 4.69) is 10.3 Å². The Labute approximate surface area is 145 Å². The second-order valence-corrected chi connectivity index (χ2v) is 6.35. The summed E-state index contributed by atoms with van der Waals surface area (Å²) in [7, 11) is 0. The van der Waals surface area contributed by atoms with Crippen LogP contribution in [0.15, 0.2) is 53.5 Å². The van der Waals surface area contributed by atoms with Crippen LogP contribution in [-0.4, -0.2) is 25.0 Å². The van der Waals surface area contributed by atoms with Gasteiger partial charge in [-0.15, -0.1) is 0 Å². The van der Waals surface area contributed by atoms with Crippen molar-refractivity contribution in [3.8, 4) is 0 Å². The average Bonchev–Trinajstić information content (AvgIpc) is 2.55. The number of nitrogens with one attached hydrogen (secondary N) is 1. The normalized spacial score (nSPS) is 20.3. The summed E-state index contributed by atoms with van der Waals surface area (Å²) in [6, 6.07) is 14.3. The number of ether oxygens (including phenoxy) is 1. The van der Waals surface area contributed by atoms with Crippen LogP contribution in [0.25, 0.3) is 0 Å². The highest BCUT2D eigenvalue weighted by atomic mass is 35.5. The molecule has 1 aliphatic rings.